The molecular formula is C16H17FO2. The first-order valence-electron chi connectivity index (χ1n) is 6.11. The zero-order valence-electron chi connectivity index (χ0n) is 11.3. The predicted molar refractivity (Wildman–Crippen MR) is 72.9 cm³/mol. The minimum atomic E-state index is -0.834. The highest BCUT2D eigenvalue weighted by Crippen LogP contribution is 2.27. The summed E-state index contributed by atoms with van der Waals surface area (Å²) in [7, 11) is 1.60. The van der Waals surface area contributed by atoms with Crippen LogP contribution in [0.4, 0.5) is 4.39 Å². The molecule has 0 radical (unpaired) electrons. The first-order chi connectivity index (χ1) is 9.02. The highest BCUT2D eigenvalue weighted by molar-refractivity contribution is 5.40. The molecule has 0 aliphatic heterocycles. The Balaban J connectivity index is 2.35. The van der Waals surface area contributed by atoms with Crippen molar-refractivity contribution in [1.82, 2.24) is 0 Å². The molecule has 2 aromatic carbocycles. The number of benzene rings is 2. The molecule has 19 heavy (non-hydrogen) atoms. The van der Waals surface area contributed by atoms with E-state index in [1.54, 1.807) is 38.3 Å². The number of halogens is 1. The Kier molecular flexibility index (Phi) is 3.86. The number of hydrogen-bond donors (Lipinski definition) is 1. The summed E-state index contributed by atoms with van der Waals surface area (Å²) in [6.45, 7) is 3.60. The predicted octanol–water partition coefficient (Wildman–Crippen LogP) is 3.53. The maximum atomic E-state index is 13.5. The van der Waals surface area contributed by atoms with Crippen LogP contribution < -0.4 is 4.74 Å². The van der Waals surface area contributed by atoms with Crippen molar-refractivity contribution in [3.05, 3.63) is 64.5 Å². The molecule has 0 aromatic heterocycles. The molecule has 2 rings (SSSR count). The second-order valence-corrected chi connectivity index (χ2v) is 4.64. The molecule has 2 aromatic rings. The van der Waals surface area contributed by atoms with Gasteiger partial charge in [-0.2, -0.15) is 0 Å². The molecular weight excluding hydrogens is 243 g/mol. The van der Waals surface area contributed by atoms with Crippen molar-refractivity contribution in [3.8, 4) is 5.75 Å². The minimum absolute atomic E-state index is 0.304. The van der Waals surface area contributed by atoms with Crippen molar-refractivity contribution in [2.75, 3.05) is 7.11 Å². The van der Waals surface area contributed by atoms with E-state index < -0.39 is 6.10 Å². The molecule has 1 unspecified atom stereocenters. The van der Waals surface area contributed by atoms with E-state index in [2.05, 4.69) is 0 Å². The van der Waals surface area contributed by atoms with Crippen molar-refractivity contribution in [3.63, 3.8) is 0 Å². The smallest absolute Gasteiger partial charge is 0.126 e. The van der Waals surface area contributed by atoms with E-state index in [9.17, 15) is 9.50 Å². The summed E-state index contributed by atoms with van der Waals surface area (Å²) in [6.07, 6.45) is -0.834. The molecule has 0 aliphatic rings. The second-order valence-electron chi connectivity index (χ2n) is 4.64. The van der Waals surface area contributed by atoms with Crippen molar-refractivity contribution >= 4 is 0 Å². The fourth-order valence-corrected chi connectivity index (χ4v) is 2.04. The highest BCUT2D eigenvalue weighted by atomic mass is 19.1. The van der Waals surface area contributed by atoms with Crippen LogP contribution in [-0.2, 0) is 0 Å². The van der Waals surface area contributed by atoms with Gasteiger partial charge in [0.2, 0.25) is 0 Å². The molecule has 100 valence electrons. The lowest BCUT2D eigenvalue weighted by Crippen LogP contribution is -2.01. The average Bonchev–Trinajstić information content (AvgIpc) is 2.41. The average molecular weight is 260 g/mol. The van der Waals surface area contributed by atoms with Crippen LogP contribution in [0.15, 0.2) is 36.4 Å². The molecule has 0 heterocycles. The topological polar surface area (TPSA) is 29.5 Å². The lowest BCUT2D eigenvalue weighted by Gasteiger charge is -2.14. The van der Waals surface area contributed by atoms with Crippen LogP contribution >= 0.6 is 0 Å². The van der Waals surface area contributed by atoms with E-state index in [0.717, 1.165) is 16.9 Å². The number of methoxy groups -OCH3 is 1. The van der Waals surface area contributed by atoms with Gasteiger partial charge in [0.15, 0.2) is 0 Å². The number of ether oxygens (including phenoxy) is 1. The molecule has 0 aliphatic carbocycles. The SMILES string of the molecule is COc1ccc(C(O)c2ccc(C)c(F)c2)cc1C. The van der Waals surface area contributed by atoms with Gasteiger partial charge in [0.25, 0.3) is 0 Å². The van der Waals surface area contributed by atoms with Crippen LogP contribution in [-0.4, -0.2) is 12.2 Å². The Morgan fingerprint density at radius 2 is 1.63 bits per heavy atom. The summed E-state index contributed by atoms with van der Waals surface area (Å²) < 4.78 is 18.7. The lowest BCUT2D eigenvalue weighted by atomic mass is 9.98. The molecule has 0 amide bonds. The monoisotopic (exact) mass is 260 g/mol. The third-order valence-corrected chi connectivity index (χ3v) is 3.25. The Morgan fingerprint density at radius 3 is 2.21 bits per heavy atom. The molecule has 0 saturated heterocycles. The van der Waals surface area contributed by atoms with Gasteiger partial charge in [-0.05, 0) is 54.3 Å². The van der Waals surface area contributed by atoms with Crippen LogP contribution in [0.25, 0.3) is 0 Å². The summed E-state index contributed by atoms with van der Waals surface area (Å²) in [6, 6.07) is 10.2. The molecule has 3 heteroatoms. The van der Waals surface area contributed by atoms with Gasteiger partial charge in [-0.1, -0.05) is 18.2 Å². The van der Waals surface area contributed by atoms with Crippen molar-refractivity contribution in [2.45, 2.75) is 20.0 Å². The molecule has 0 spiro atoms. The van der Waals surface area contributed by atoms with Gasteiger partial charge in [-0.15, -0.1) is 0 Å². The minimum Gasteiger partial charge on any atom is -0.496 e. The Labute approximate surface area is 112 Å². The zero-order chi connectivity index (χ0) is 14.0. The Morgan fingerprint density at radius 1 is 1.00 bits per heavy atom. The van der Waals surface area contributed by atoms with E-state index in [1.807, 2.05) is 13.0 Å². The van der Waals surface area contributed by atoms with Crippen molar-refractivity contribution in [2.24, 2.45) is 0 Å². The van der Waals surface area contributed by atoms with Crippen LogP contribution in [0.3, 0.4) is 0 Å². The molecule has 0 fully saturated rings. The van der Waals surface area contributed by atoms with E-state index in [-0.39, 0.29) is 5.82 Å². The van der Waals surface area contributed by atoms with E-state index >= 15 is 0 Å². The van der Waals surface area contributed by atoms with Crippen LogP contribution in [0, 0.1) is 19.7 Å². The van der Waals surface area contributed by atoms with Crippen LogP contribution in [0.1, 0.15) is 28.4 Å². The number of rotatable bonds is 3. The van der Waals surface area contributed by atoms with Crippen molar-refractivity contribution < 1.29 is 14.2 Å². The van der Waals surface area contributed by atoms with Crippen LogP contribution in [0.5, 0.6) is 5.75 Å². The van der Waals surface area contributed by atoms with Gasteiger partial charge in [-0.25, -0.2) is 4.39 Å². The number of hydrogen-bond acceptors (Lipinski definition) is 2. The molecule has 0 bridgehead atoms. The van der Waals surface area contributed by atoms with Crippen molar-refractivity contribution in [1.29, 1.82) is 0 Å². The van der Waals surface area contributed by atoms with E-state index in [4.69, 9.17) is 4.74 Å². The standard InChI is InChI=1S/C16H17FO2/c1-10-4-5-13(9-14(10)17)16(18)12-6-7-15(19-3)11(2)8-12/h4-9,16,18H,1-3H3. The van der Waals surface area contributed by atoms with Gasteiger partial charge < -0.3 is 9.84 Å². The van der Waals surface area contributed by atoms with Gasteiger partial charge in [0, 0.05) is 0 Å². The van der Waals surface area contributed by atoms with Gasteiger partial charge >= 0.3 is 0 Å². The molecule has 0 saturated carbocycles. The maximum absolute atomic E-state index is 13.5. The Hall–Kier alpha value is -1.87. The lowest BCUT2D eigenvalue weighted by molar-refractivity contribution is 0.219. The second kappa shape index (κ2) is 5.41. The Bertz CT molecular complexity index is 593. The third-order valence-electron chi connectivity index (χ3n) is 3.25. The normalized spacial score (nSPS) is 12.3. The number of aliphatic hydroxyl groups excluding tert-OH is 1. The molecule has 1 atom stereocenters. The summed E-state index contributed by atoms with van der Waals surface area (Å²) in [5, 5.41) is 10.3. The summed E-state index contributed by atoms with van der Waals surface area (Å²) in [5.41, 5.74) is 2.78. The zero-order valence-corrected chi connectivity index (χ0v) is 11.3. The van der Waals surface area contributed by atoms with E-state index in [1.165, 1.54) is 6.07 Å². The van der Waals surface area contributed by atoms with Crippen LogP contribution in [0.2, 0.25) is 0 Å². The maximum Gasteiger partial charge on any atom is 0.126 e. The number of aliphatic hydroxyl groups is 1. The molecule has 2 nitrogen and oxygen atoms in total. The first kappa shape index (κ1) is 13.6. The van der Waals surface area contributed by atoms with E-state index in [0.29, 0.717) is 11.1 Å². The quantitative estimate of drug-likeness (QED) is 0.914. The summed E-state index contributed by atoms with van der Waals surface area (Å²) in [5.74, 6) is 0.466. The summed E-state index contributed by atoms with van der Waals surface area (Å²) in [4.78, 5) is 0. The van der Waals surface area contributed by atoms with Gasteiger partial charge in [0.1, 0.15) is 17.7 Å². The van der Waals surface area contributed by atoms with Gasteiger partial charge in [0.05, 0.1) is 7.11 Å². The highest BCUT2D eigenvalue weighted by Gasteiger charge is 2.13. The van der Waals surface area contributed by atoms with Gasteiger partial charge in [-0.3, -0.25) is 0 Å². The summed E-state index contributed by atoms with van der Waals surface area (Å²) >= 11 is 0. The first-order valence-corrected chi connectivity index (χ1v) is 6.11. The fourth-order valence-electron chi connectivity index (χ4n) is 2.04. The number of aryl methyl sites for hydroxylation is 2. The molecule has 1 N–H and O–H groups in total. The fraction of sp³-hybridized carbons (Fsp3) is 0.250. The largest absolute Gasteiger partial charge is 0.496 e. The third kappa shape index (κ3) is 2.76.